The van der Waals surface area contributed by atoms with Crippen molar-refractivity contribution < 1.29 is 14.6 Å². The van der Waals surface area contributed by atoms with Gasteiger partial charge in [0.05, 0.1) is 18.8 Å². The van der Waals surface area contributed by atoms with Crippen LogP contribution in [0, 0.1) is 5.92 Å². The predicted octanol–water partition coefficient (Wildman–Crippen LogP) is 1.67. The van der Waals surface area contributed by atoms with Crippen LogP contribution in [0.15, 0.2) is 0 Å². The Morgan fingerprint density at radius 3 is 2.60 bits per heavy atom. The van der Waals surface area contributed by atoms with Gasteiger partial charge in [-0.05, 0) is 38.5 Å². The van der Waals surface area contributed by atoms with Gasteiger partial charge in [-0.25, -0.2) is 4.79 Å². The number of carbonyl (C=O) groups is 1. The van der Waals surface area contributed by atoms with E-state index in [1.54, 1.807) is 6.92 Å². The molecule has 0 saturated heterocycles. The summed E-state index contributed by atoms with van der Waals surface area (Å²) in [6.07, 6.45) is 3.36. The van der Waals surface area contributed by atoms with Crippen LogP contribution in [0.4, 0.5) is 4.79 Å². The molecule has 4 heteroatoms. The first kappa shape index (κ1) is 12.3. The van der Waals surface area contributed by atoms with Crippen molar-refractivity contribution in [3.63, 3.8) is 0 Å². The van der Waals surface area contributed by atoms with Crippen molar-refractivity contribution in [3.05, 3.63) is 0 Å². The van der Waals surface area contributed by atoms with E-state index in [-0.39, 0.29) is 6.61 Å². The molecule has 1 amide bonds. The van der Waals surface area contributed by atoms with Crippen molar-refractivity contribution in [1.29, 1.82) is 0 Å². The maximum Gasteiger partial charge on any atom is 0.407 e. The Hall–Kier alpha value is -0.770. The maximum atomic E-state index is 11.3. The summed E-state index contributed by atoms with van der Waals surface area (Å²) in [5.41, 5.74) is -0.446. The van der Waals surface area contributed by atoms with E-state index in [0.717, 1.165) is 25.7 Å². The van der Waals surface area contributed by atoms with E-state index in [0.29, 0.717) is 12.5 Å². The lowest BCUT2D eigenvalue weighted by Crippen LogP contribution is -2.53. The molecule has 0 atom stereocenters. The van der Waals surface area contributed by atoms with Crippen LogP contribution in [-0.4, -0.2) is 30.0 Å². The maximum absolute atomic E-state index is 11.3. The van der Waals surface area contributed by atoms with Gasteiger partial charge in [-0.1, -0.05) is 6.92 Å². The van der Waals surface area contributed by atoms with Gasteiger partial charge in [0.25, 0.3) is 0 Å². The Morgan fingerprint density at radius 2 is 2.13 bits per heavy atom. The van der Waals surface area contributed by atoms with Crippen LogP contribution in [-0.2, 0) is 4.74 Å². The Morgan fingerprint density at radius 1 is 1.53 bits per heavy atom. The number of aliphatic hydroxyl groups is 1. The highest BCUT2D eigenvalue weighted by Crippen LogP contribution is 2.31. The first-order valence-electron chi connectivity index (χ1n) is 5.67. The highest BCUT2D eigenvalue weighted by atomic mass is 16.5. The molecule has 0 spiro atoms. The molecule has 0 heterocycles. The zero-order valence-electron chi connectivity index (χ0n) is 9.58. The van der Waals surface area contributed by atoms with Gasteiger partial charge in [-0.15, -0.1) is 0 Å². The topological polar surface area (TPSA) is 58.6 Å². The number of ether oxygens (including phenoxy) is 1. The van der Waals surface area contributed by atoms with Crippen LogP contribution in [0.3, 0.4) is 0 Å². The van der Waals surface area contributed by atoms with E-state index in [9.17, 15) is 9.90 Å². The van der Waals surface area contributed by atoms with Gasteiger partial charge in [-0.3, -0.25) is 0 Å². The number of carbonyl (C=O) groups excluding carboxylic acids is 1. The zero-order chi connectivity index (χ0) is 11.3. The SMILES string of the molecule is CCOC(=O)NC1(CO)CCC(C)CC1. The highest BCUT2D eigenvalue weighted by molar-refractivity contribution is 5.68. The Labute approximate surface area is 91.0 Å². The van der Waals surface area contributed by atoms with E-state index < -0.39 is 11.6 Å². The monoisotopic (exact) mass is 215 g/mol. The molecule has 4 nitrogen and oxygen atoms in total. The molecule has 0 aromatic carbocycles. The van der Waals surface area contributed by atoms with Crippen molar-refractivity contribution in [2.45, 2.75) is 45.1 Å². The predicted molar refractivity (Wildman–Crippen MR) is 57.6 cm³/mol. The number of aliphatic hydroxyl groups excluding tert-OH is 1. The summed E-state index contributed by atoms with van der Waals surface area (Å²) in [5.74, 6) is 0.689. The molecule has 0 bridgehead atoms. The summed E-state index contributed by atoms with van der Waals surface area (Å²) >= 11 is 0. The van der Waals surface area contributed by atoms with Crippen molar-refractivity contribution in [1.82, 2.24) is 5.32 Å². The summed E-state index contributed by atoms with van der Waals surface area (Å²) < 4.78 is 4.84. The number of hydrogen-bond donors (Lipinski definition) is 2. The van der Waals surface area contributed by atoms with E-state index >= 15 is 0 Å². The van der Waals surface area contributed by atoms with Gasteiger partial charge >= 0.3 is 6.09 Å². The lowest BCUT2D eigenvalue weighted by molar-refractivity contribution is 0.0857. The molecule has 0 aliphatic heterocycles. The summed E-state index contributed by atoms with van der Waals surface area (Å²) in [4.78, 5) is 11.3. The van der Waals surface area contributed by atoms with Crippen LogP contribution >= 0.6 is 0 Å². The third-order valence-corrected chi connectivity index (χ3v) is 3.18. The van der Waals surface area contributed by atoms with E-state index in [1.807, 2.05) is 0 Å². The van der Waals surface area contributed by atoms with Crippen LogP contribution in [0.2, 0.25) is 0 Å². The Balaban J connectivity index is 2.49. The van der Waals surface area contributed by atoms with Crippen LogP contribution in [0.5, 0.6) is 0 Å². The number of nitrogens with one attached hydrogen (secondary N) is 1. The van der Waals surface area contributed by atoms with Crippen molar-refractivity contribution in [3.8, 4) is 0 Å². The first-order valence-corrected chi connectivity index (χ1v) is 5.67. The van der Waals surface area contributed by atoms with Crippen molar-refractivity contribution in [2.75, 3.05) is 13.2 Å². The molecular weight excluding hydrogens is 194 g/mol. The fourth-order valence-electron chi connectivity index (χ4n) is 2.02. The quantitative estimate of drug-likeness (QED) is 0.753. The number of alkyl carbamates (subject to hydrolysis) is 1. The van der Waals surface area contributed by atoms with Gasteiger partial charge in [0, 0.05) is 0 Å². The molecule has 1 fully saturated rings. The molecule has 0 aromatic rings. The summed E-state index contributed by atoms with van der Waals surface area (Å²) in [6.45, 7) is 4.34. The Kier molecular flexibility index (Phi) is 4.39. The summed E-state index contributed by atoms with van der Waals surface area (Å²) in [7, 11) is 0. The van der Waals surface area contributed by atoms with Crippen LogP contribution in [0.25, 0.3) is 0 Å². The van der Waals surface area contributed by atoms with Gasteiger partial charge in [0.15, 0.2) is 0 Å². The zero-order valence-corrected chi connectivity index (χ0v) is 9.58. The van der Waals surface area contributed by atoms with Crippen LogP contribution in [0.1, 0.15) is 39.5 Å². The highest BCUT2D eigenvalue weighted by Gasteiger charge is 2.35. The fraction of sp³-hybridized carbons (Fsp3) is 0.909. The van der Waals surface area contributed by atoms with Crippen molar-refractivity contribution in [2.24, 2.45) is 5.92 Å². The Bertz CT molecular complexity index is 210. The normalized spacial score (nSPS) is 31.0. The van der Waals surface area contributed by atoms with Crippen LogP contribution < -0.4 is 5.32 Å². The lowest BCUT2D eigenvalue weighted by Gasteiger charge is -2.38. The molecule has 15 heavy (non-hydrogen) atoms. The molecule has 1 aliphatic rings. The van der Waals surface area contributed by atoms with Gasteiger partial charge in [0.2, 0.25) is 0 Å². The molecule has 1 aliphatic carbocycles. The molecule has 2 N–H and O–H groups in total. The minimum absolute atomic E-state index is 0.00145. The second-order valence-electron chi connectivity index (χ2n) is 4.47. The first-order chi connectivity index (χ1) is 7.12. The second-order valence-corrected chi connectivity index (χ2v) is 4.47. The van der Waals surface area contributed by atoms with Gasteiger partial charge < -0.3 is 15.2 Å². The third-order valence-electron chi connectivity index (χ3n) is 3.18. The largest absolute Gasteiger partial charge is 0.450 e. The smallest absolute Gasteiger partial charge is 0.407 e. The number of rotatable bonds is 3. The second kappa shape index (κ2) is 5.35. The number of hydrogen-bond acceptors (Lipinski definition) is 3. The van der Waals surface area contributed by atoms with E-state index in [1.165, 1.54) is 0 Å². The molecule has 1 rings (SSSR count). The molecule has 0 unspecified atom stereocenters. The van der Waals surface area contributed by atoms with Crippen molar-refractivity contribution >= 4 is 6.09 Å². The molecule has 0 radical (unpaired) electrons. The third kappa shape index (κ3) is 3.38. The molecule has 1 saturated carbocycles. The standard InChI is InChI=1S/C11H21NO3/c1-3-15-10(14)12-11(8-13)6-4-9(2)5-7-11/h9,13H,3-8H2,1-2H3,(H,12,14). The minimum Gasteiger partial charge on any atom is -0.450 e. The van der Waals surface area contributed by atoms with E-state index in [2.05, 4.69) is 12.2 Å². The average molecular weight is 215 g/mol. The van der Waals surface area contributed by atoms with Gasteiger partial charge in [0.1, 0.15) is 0 Å². The molecule has 0 aromatic heterocycles. The summed E-state index contributed by atoms with van der Waals surface area (Å²) in [6, 6.07) is 0. The molecular formula is C11H21NO3. The van der Waals surface area contributed by atoms with E-state index in [4.69, 9.17) is 4.74 Å². The number of amides is 1. The average Bonchev–Trinajstić information content (AvgIpc) is 2.22. The molecule has 88 valence electrons. The lowest BCUT2D eigenvalue weighted by atomic mass is 9.78. The summed E-state index contributed by atoms with van der Waals surface area (Å²) in [5, 5.41) is 12.2. The fourth-order valence-corrected chi connectivity index (χ4v) is 2.02. The minimum atomic E-state index is -0.446. The van der Waals surface area contributed by atoms with Gasteiger partial charge in [-0.2, -0.15) is 0 Å².